The Morgan fingerprint density at radius 3 is 2.69 bits per heavy atom. The van der Waals surface area contributed by atoms with Gasteiger partial charge in [-0.2, -0.15) is 0 Å². The van der Waals surface area contributed by atoms with E-state index in [9.17, 15) is 9.59 Å². The standard InChI is InChI=1S/C25H31N3O4/c1-31-22-11-10-17(12-23(22)32-20-7-3-4-8-20)19-13-25(30)28(15-19)16-24(29)27-21-9-5-2-6-18(21)14-26/h2,5-6,9-12,19-20H,3-4,7-8,13-16,26H2,1H3,(H,27,29)/t19-/m1/s1. The van der Waals surface area contributed by atoms with Gasteiger partial charge in [0.05, 0.1) is 19.8 Å². The van der Waals surface area contributed by atoms with Crippen LogP contribution in [0.5, 0.6) is 11.5 Å². The Bertz CT molecular complexity index is 971. The Balaban J connectivity index is 1.41. The Morgan fingerprint density at radius 1 is 1.16 bits per heavy atom. The van der Waals surface area contributed by atoms with Gasteiger partial charge in [-0.05, 0) is 55.0 Å². The molecule has 2 aromatic rings. The molecule has 1 atom stereocenters. The first kappa shape index (κ1) is 22.1. The number of anilines is 1. The molecule has 32 heavy (non-hydrogen) atoms. The van der Waals surface area contributed by atoms with E-state index in [2.05, 4.69) is 5.32 Å². The third-order valence-corrected chi connectivity index (χ3v) is 6.32. The minimum Gasteiger partial charge on any atom is -0.493 e. The van der Waals surface area contributed by atoms with Gasteiger partial charge in [-0.1, -0.05) is 24.3 Å². The van der Waals surface area contributed by atoms with Crippen molar-refractivity contribution < 1.29 is 19.1 Å². The lowest BCUT2D eigenvalue weighted by molar-refractivity contribution is -0.131. The highest BCUT2D eigenvalue weighted by Gasteiger charge is 2.32. The predicted octanol–water partition coefficient (Wildman–Crippen LogP) is 3.43. The van der Waals surface area contributed by atoms with E-state index >= 15 is 0 Å². The zero-order valence-electron chi connectivity index (χ0n) is 18.5. The Labute approximate surface area is 188 Å². The molecule has 1 saturated heterocycles. The fraction of sp³-hybridized carbons (Fsp3) is 0.440. The molecule has 3 N–H and O–H groups in total. The van der Waals surface area contributed by atoms with Crippen LogP contribution in [0.3, 0.4) is 0 Å². The van der Waals surface area contributed by atoms with Crippen LogP contribution in [0.15, 0.2) is 42.5 Å². The Morgan fingerprint density at radius 2 is 1.94 bits per heavy atom. The van der Waals surface area contributed by atoms with E-state index in [0.717, 1.165) is 29.7 Å². The zero-order valence-corrected chi connectivity index (χ0v) is 18.5. The molecule has 4 rings (SSSR count). The monoisotopic (exact) mass is 437 g/mol. The molecule has 2 amide bonds. The average molecular weight is 438 g/mol. The lowest BCUT2D eigenvalue weighted by Crippen LogP contribution is -2.34. The first-order valence-corrected chi connectivity index (χ1v) is 11.3. The summed E-state index contributed by atoms with van der Waals surface area (Å²) in [6.45, 7) is 0.861. The number of rotatable bonds is 8. The van der Waals surface area contributed by atoms with Crippen molar-refractivity contribution in [3.8, 4) is 11.5 Å². The first-order chi connectivity index (χ1) is 15.6. The highest BCUT2D eigenvalue weighted by molar-refractivity contribution is 5.95. The molecule has 7 heteroatoms. The number of ether oxygens (including phenoxy) is 2. The molecule has 0 bridgehead atoms. The van der Waals surface area contributed by atoms with Crippen molar-refractivity contribution in [1.82, 2.24) is 4.90 Å². The molecule has 1 saturated carbocycles. The summed E-state index contributed by atoms with van der Waals surface area (Å²) in [5.41, 5.74) is 8.32. The molecule has 2 aliphatic rings. The number of carbonyl (C=O) groups excluding carboxylic acids is 2. The summed E-state index contributed by atoms with van der Waals surface area (Å²) in [7, 11) is 1.64. The lowest BCUT2D eigenvalue weighted by atomic mass is 9.98. The number of nitrogens with one attached hydrogen (secondary N) is 1. The topological polar surface area (TPSA) is 93.9 Å². The second-order valence-corrected chi connectivity index (χ2v) is 8.52. The second-order valence-electron chi connectivity index (χ2n) is 8.52. The zero-order chi connectivity index (χ0) is 22.5. The van der Waals surface area contributed by atoms with Crippen LogP contribution in [0.2, 0.25) is 0 Å². The molecule has 170 valence electrons. The summed E-state index contributed by atoms with van der Waals surface area (Å²) in [6, 6.07) is 13.3. The van der Waals surface area contributed by atoms with Crippen LogP contribution in [-0.4, -0.2) is 43.0 Å². The smallest absolute Gasteiger partial charge is 0.244 e. The van der Waals surface area contributed by atoms with E-state index in [-0.39, 0.29) is 30.4 Å². The van der Waals surface area contributed by atoms with E-state index in [4.69, 9.17) is 15.2 Å². The number of hydrogen-bond donors (Lipinski definition) is 2. The van der Waals surface area contributed by atoms with Crippen LogP contribution in [0, 0.1) is 0 Å². The number of nitrogens with zero attached hydrogens (tertiary/aromatic N) is 1. The van der Waals surface area contributed by atoms with Crippen molar-refractivity contribution in [2.24, 2.45) is 5.73 Å². The first-order valence-electron chi connectivity index (χ1n) is 11.3. The number of methoxy groups -OCH3 is 1. The van der Waals surface area contributed by atoms with Gasteiger partial charge in [0.1, 0.15) is 0 Å². The Kier molecular flexibility index (Phi) is 6.95. The van der Waals surface area contributed by atoms with E-state index in [1.54, 1.807) is 12.0 Å². The molecule has 1 aliphatic carbocycles. The SMILES string of the molecule is COc1ccc([C@@H]2CC(=O)N(CC(=O)Nc3ccccc3CN)C2)cc1OC1CCCC1. The van der Waals surface area contributed by atoms with Crippen molar-refractivity contribution >= 4 is 17.5 Å². The molecular formula is C25H31N3O4. The number of para-hydroxylation sites is 1. The van der Waals surface area contributed by atoms with Crippen molar-refractivity contribution in [2.75, 3.05) is 25.5 Å². The van der Waals surface area contributed by atoms with Gasteiger partial charge in [0, 0.05) is 31.1 Å². The van der Waals surface area contributed by atoms with Crippen LogP contribution in [-0.2, 0) is 16.1 Å². The Hall–Kier alpha value is -3.06. The molecule has 2 aromatic carbocycles. The molecule has 0 radical (unpaired) electrons. The fourth-order valence-electron chi connectivity index (χ4n) is 4.56. The van der Waals surface area contributed by atoms with Gasteiger partial charge in [-0.15, -0.1) is 0 Å². The summed E-state index contributed by atoms with van der Waals surface area (Å²) in [4.78, 5) is 26.8. The van der Waals surface area contributed by atoms with Gasteiger partial charge in [-0.3, -0.25) is 9.59 Å². The second kappa shape index (κ2) is 10.0. The minimum atomic E-state index is -0.222. The molecule has 1 heterocycles. The van der Waals surface area contributed by atoms with Gasteiger partial charge in [0.15, 0.2) is 11.5 Å². The summed E-state index contributed by atoms with van der Waals surface area (Å²) < 4.78 is 11.7. The fourth-order valence-corrected chi connectivity index (χ4v) is 4.56. The molecule has 0 aromatic heterocycles. The number of hydrogen-bond acceptors (Lipinski definition) is 5. The van der Waals surface area contributed by atoms with Gasteiger partial charge in [0.25, 0.3) is 0 Å². The van der Waals surface area contributed by atoms with E-state index < -0.39 is 0 Å². The third-order valence-electron chi connectivity index (χ3n) is 6.32. The van der Waals surface area contributed by atoms with Crippen molar-refractivity contribution in [2.45, 2.75) is 50.7 Å². The number of nitrogens with two attached hydrogens (primary N) is 1. The predicted molar refractivity (Wildman–Crippen MR) is 123 cm³/mol. The maximum Gasteiger partial charge on any atom is 0.244 e. The maximum absolute atomic E-state index is 12.6. The van der Waals surface area contributed by atoms with E-state index in [1.807, 2.05) is 42.5 Å². The highest BCUT2D eigenvalue weighted by Crippen LogP contribution is 2.37. The van der Waals surface area contributed by atoms with Gasteiger partial charge in [-0.25, -0.2) is 0 Å². The van der Waals surface area contributed by atoms with E-state index in [1.165, 1.54) is 12.8 Å². The van der Waals surface area contributed by atoms with Crippen molar-refractivity contribution in [1.29, 1.82) is 0 Å². The molecule has 7 nitrogen and oxygen atoms in total. The largest absolute Gasteiger partial charge is 0.493 e. The van der Waals surface area contributed by atoms with Crippen LogP contribution >= 0.6 is 0 Å². The minimum absolute atomic E-state index is 0.0171. The molecule has 2 fully saturated rings. The number of carbonyl (C=O) groups is 2. The summed E-state index contributed by atoms with van der Waals surface area (Å²) in [5.74, 6) is 1.22. The van der Waals surface area contributed by atoms with E-state index in [0.29, 0.717) is 30.9 Å². The van der Waals surface area contributed by atoms with Gasteiger partial charge >= 0.3 is 0 Å². The van der Waals surface area contributed by atoms with Crippen LogP contribution in [0.1, 0.15) is 49.1 Å². The lowest BCUT2D eigenvalue weighted by Gasteiger charge is -2.19. The number of benzene rings is 2. The normalized spacial score (nSPS) is 18.8. The molecule has 1 aliphatic heterocycles. The molecular weight excluding hydrogens is 406 g/mol. The van der Waals surface area contributed by atoms with Gasteiger partial charge < -0.3 is 25.4 Å². The summed E-state index contributed by atoms with van der Waals surface area (Å²) in [6.07, 6.45) is 5.10. The maximum atomic E-state index is 12.6. The van der Waals surface area contributed by atoms with Gasteiger partial charge in [0.2, 0.25) is 11.8 Å². The van der Waals surface area contributed by atoms with Crippen molar-refractivity contribution in [3.63, 3.8) is 0 Å². The quantitative estimate of drug-likeness (QED) is 0.660. The van der Waals surface area contributed by atoms with Crippen LogP contribution in [0.4, 0.5) is 5.69 Å². The molecule has 0 spiro atoms. The van der Waals surface area contributed by atoms with Crippen molar-refractivity contribution in [3.05, 3.63) is 53.6 Å². The highest BCUT2D eigenvalue weighted by atomic mass is 16.5. The number of likely N-dealkylation sites (tertiary alicyclic amines) is 1. The number of amides is 2. The molecule has 0 unspecified atom stereocenters. The summed E-state index contributed by atoms with van der Waals surface area (Å²) >= 11 is 0. The van der Waals surface area contributed by atoms with Crippen LogP contribution < -0.4 is 20.5 Å². The third kappa shape index (κ3) is 5.05. The van der Waals surface area contributed by atoms with Crippen LogP contribution in [0.25, 0.3) is 0 Å². The average Bonchev–Trinajstić information content (AvgIpc) is 3.44. The summed E-state index contributed by atoms with van der Waals surface area (Å²) in [5, 5.41) is 2.88.